The van der Waals surface area contributed by atoms with E-state index >= 15 is 0 Å². The van der Waals surface area contributed by atoms with Crippen LogP contribution >= 0.6 is 0 Å². The summed E-state index contributed by atoms with van der Waals surface area (Å²) in [4.78, 5) is 43.2. The number of halogens is 4. The first-order chi connectivity index (χ1) is 14.4. The van der Waals surface area contributed by atoms with Crippen LogP contribution in [0.25, 0.3) is 11.2 Å². The molecule has 1 aliphatic rings. The van der Waals surface area contributed by atoms with Gasteiger partial charge in [-0.05, 0) is 0 Å². The first kappa shape index (κ1) is 22.5. The number of hydrogen-bond donors (Lipinski definition) is 1. The van der Waals surface area contributed by atoms with Crippen LogP contribution in [0.4, 0.5) is 23.5 Å². The molecule has 0 amide bonds. The van der Waals surface area contributed by atoms with E-state index in [4.69, 9.17) is 19.9 Å². The molecule has 1 saturated heterocycles. The number of aromatic nitrogens is 4. The Balaban J connectivity index is 2.16. The Labute approximate surface area is 170 Å². The number of alkyl halides is 4. The average molecular weight is 451 g/mol. The monoisotopic (exact) mass is 451 g/mol. The van der Waals surface area contributed by atoms with Gasteiger partial charge >= 0.3 is 23.8 Å². The number of nitrogen functional groups attached to an aromatic ring is 1. The number of ether oxygens (including phenoxy) is 3. The molecule has 0 bridgehead atoms. The van der Waals surface area contributed by atoms with E-state index in [1.54, 1.807) is 0 Å². The minimum Gasteiger partial charge on any atom is -0.454 e. The second-order valence-electron chi connectivity index (χ2n) is 6.55. The minimum atomic E-state index is -4.79. The van der Waals surface area contributed by atoms with Gasteiger partial charge in [-0.2, -0.15) is 18.2 Å². The van der Waals surface area contributed by atoms with Crippen molar-refractivity contribution in [2.45, 2.75) is 57.8 Å². The van der Waals surface area contributed by atoms with E-state index in [0.717, 1.165) is 13.1 Å². The number of carbonyl (C=O) groups excluding carboxylic acids is 2. The maximum absolute atomic E-state index is 14.9. The van der Waals surface area contributed by atoms with Crippen molar-refractivity contribution in [2.75, 3.05) is 5.73 Å². The van der Waals surface area contributed by atoms with Crippen molar-refractivity contribution < 1.29 is 41.4 Å². The van der Waals surface area contributed by atoms with E-state index in [0.29, 0.717) is 9.13 Å². The smallest absolute Gasteiger partial charge is 0.406 e. The summed E-state index contributed by atoms with van der Waals surface area (Å²) in [5, 5.41) is 0. The summed E-state index contributed by atoms with van der Waals surface area (Å²) in [5.41, 5.74) is 3.40. The zero-order valence-corrected chi connectivity index (χ0v) is 16.1. The fourth-order valence-electron chi connectivity index (χ4n) is 3.06. The van der Waals surface area contributed by atoms with Gasteiger partial charge < -0.3 is 19.9 Å². The number of hydrogen-bond acceptors (Lipinski definition) is 9. The molecule has 1 fully saturated rings. The number of rotatable bonds is 5. The summed E-state index contributed by atoms with van der Waals surface area (Å²) in [5.74, 6) is -2.21. The lowest BCUT2D eigenvalue weighted by Crippen LogP contribution is -2.38. The fraction of sp³-hybridized carbons (Fsp3) is 0.562. The van der Waals surface area contributed by atoms with Crippen LogP contribution in [0.2, 0.25) is 0 Å². The predicted molar refractivity (Wildman–Crippen MR) is 93.0 cm³/mol. The number of nitrogens with zero attached hydrogens (tertiary/aromatic N) is 4. The maximum atomic E-state index is 14.9. The summed E-state index contributed by atoms with van der Waals surface area (Å²) in [7, 11) is 0. The summed E-state index contributed by atoms with van der Waals surface area (Å²) >= 11 is 0. The average Bonchev–Trinajstić information content (AvgIpc) is 3.08. The van der Waals surface area contributed by atoms with Crippen LogP contribution in [0, 0.1) is 0 Å². The fourth-order valence-corrected chi connectivity index (χ4v) is 3.06. The third kappa shape index (κ3) is 4.45. The molecule has 4 atom stereocenters. The normalized spacial score (nSPS) is 23.8. The van der Waals surface area contributed by atoms with Crippen molar-refractivity contribution in [1.29, 1.82) is 0 Å². The topological polar surface area (TPSA) is 141 Å². The summed E-state index contributed by atoms with van der Waals surface area (Å²) in [6.45, 7) is 0.673. The van der Waals surface area contributed by atoms with E-state index in [1.807, 2.05) is 0 Å². The van der Waals surface area contributed by atoms with Crippen LogP contribution in [0.1, 0.15) is 26.5 Å². The SMILES string of the molecule is CCC(=O)O[C@H]1O[C@@H](n2c(=O)n(CC(F)(F)F)c3cnc(N)nc32)[C@H](OC(C)=O)[C@H]1F. The molecule has 1 aliphatic heterocycles. The molecule has 2 N–H and O–H groups in total. The molecule has 0 aromatic carbocycles. The van der Waals surface area contributed by atoms with Gasteiger partial charge in [-0.25, -0.2) is 18.7 Å². The Morgan fingerprint density at radius 2 is 2.00 bits per heavy atom. The quantitative estimate of drug-likeness (QED) is 0.517. The molecule has 3 rings (SSSR count). The molecule has 0 spiro atoms. The molecule has 2 aromatic heterocycles. The second kappa shape index (κ2) is 8.13. The summed E-state index contributed by atoms with van der Waals surface area (Å²) in [6.07, 6.45) is -11.8. The standard InChI is InChI=1S/C16H17F4N5O6/c1-3-8(27)30-13-9(17)10(29-6(2)26)12(31-13)25-11-7(4-22-14(21)23-11)24(15(25)28)5-16(18,19)20/h4,9-10,12-13H,3,5H2,1-2H3,(H2,21,22,23)/t9-,10-,12-,13+/m1/s1. The van der Waals surface area contributed by atoms with E-state index in [2.05, 4.69) is 9.97 Å². The number of carbonyl (C=O) groups is 2. The Kier molecular flexibility index (Phi) is 5.89. The Hall–Kier alpha value is -3.23. The molecule has 11 nitrogen and oxygen atoms in total. The third-order valence-electron chi connectivity index (χ3n) is 4.28. The Bertz CT molecular complexity index is 1070. The van der Waals surface area contributed by atoms with E-state index in [9.17, 15) is 31.9 Å². The lowest BCUT2D eigenvalue weighted by Gasteiger charge is -2.19. The van der Waals surface area contributed by atoms with Gasteiger partial charge in [0, 0.05) is 13.3 Å². The highest BCUT2D eigenvalue weighted by atomic mass is 19.4. The van der Waals surface area contributed by atoms with Gasteiger partial charge in [0.15, 0.2) is 18.0 Å². The molecule has 170 valence electrons. The zero-order chi connectivity index (χ0) is 23.1. The lowest BCUT2D eigenvalue weighted by molar-refractivity contribution is -0.188. The van der Waals surface area contributed by atoms with Crippen molar-refractivity contribution in [3.05, 3.63) is 16.7 Å². The van der Waals surface area contributed by atoms with E-state index in [-0.39, 0.29) is 11.9 Å². The Morgan fingerprint density at radius 1 is 1.32 bits per heavy atom. The third-order valence-corrected chi connectivity index (χ3v) is 4.28. The second-order valence-corrected chi connectivity index (χ2v) is 6.55. The molecular weight excluding hydrogens is 434 g/mol. The molecular formula is C16H17F4N5O6. The van der Waals surface area contributed by atoms with Gasteiger partial charge in [0.1, 0.15) is 12.1 Å². The van der Waals surface area contributed by atoms with Crippen LogP contribution in [-0.4, -0.2) is 55.8 Å². The minimum absolute atomic E-state index is 0.135. The van der Waals surface area contributed by atoms with Gasteiger partial charge in [-0.1, -0.05) is 6.92 Å². The largest absolute Gasteiger partial charge is 0.454 e. The summed E-state index contributed by atoms with van der Waals surface area (Å²) < 4.78 is 69.8. The van der Waals surface area contributed by atoms with Crippen molar-refractivity contribution >= 4 is 29.1 Å². The molecule has 31 heavy (non-hydrogen) atoms. The van der Waals surface area contributed by atoms with Crippen LogP contribution in [0.5, 0.6) is 0 Å². The van der Waals surface area contributed by atoms with Crippen molar-refractivity contribution in [3.8, 4) is 0 Å². The van der Waals surface area contributed by atoms with E-state index < -0.39 is 66.7 Å². The van der Waals surface area contributed by atoms with Gasteiger partial charge in [0.2, 0.25) is 18.4 Å². The lowest BCUT2D eigenvalue weighted by atomic mass is 10.2. The van der Waals surface area contributed by atoms with Crippen LogP contribution in [0.15, 0.2) is 11.0 Å². The number of nitrogens with two attached hydrogens (primary N) is 1. The van der Waals surface area contributed by atoms with Crippen molar-refractivity contribution in [2.24, 2.45) is 0 Å². The highest BCUT2D eigenvalue weighted by Crippen LogP contribution is 2.36. The maximum Gasteiger partial charge on any atom is 0.406 e. The molecule has 2 aromatic rings. The van der Waals surface area contributed by atoms with Gasteiger partial charge in [0.05, 0.1) is 6.20 Å². The Morgan fingerprint density at radius 3 is 2.58 bits per heavy atom. The number of imidazole rings is 1. The van der Waals surface area contributed by atoms with E-state index in [1.165, 1.54) is 6.92 Å². The molecule has 3 heterocycles. The number of anilines is 1. The molecule has 0 aliphatic carbocycles. The van der Waals surface area contributed by atoms with Gasteiger partial charge in [-0.3, -0.25) is 14.2 Å². The van der Waals surface area contributed by atoms with Crippen LogP contribution in [0.3, 0.4) is 0 Å². The van der Waals surface area contributed by atoms with Crippen LogP contribution in [-0.2, 0) is 30.3 Å². The summed E-state index contributed by atoms with van der Waals surface area (Å²) in [6, 6.07) is 0. The van der Waals surface area contributed by atoms with Crippen molar-refractivity contribution in [3.63, 3.8) is 0 Å². The number of fused-ring (bicyclic) bond motifs is 1. The highest BCUT2D eigenvalue weighted by molar-refractivity contribution is 5.72. The van der Waals surface area contributed by atoms with Crippen LogP contribution < -0.4 is 11.4 Å². The van der Waals surface area contributed by atoms with Gasteiger partial charge in [-0.15, -0.1) is 0 Å². The number of esters is 2. The zero-order valence-electron chi connectivity index (χ0n) is 16.1. The molecule has 0 radical (unpaired) electrons. The van der Waals surface area contributed by atoms with Crippen molar-refractivity contribution in [1.82, 2.24) is 19.1 Å². The van der Waals surface area contributed by atoms with Gasteiger partial charge in [0.25, 0.3) is 0 Å². The molecule has 0 unspecified atom stereocenters. The predicted octanol–water partition coefficient (Wildman–Crippen LogP) is 0.815. The highest BCUT2D eigenvalue weighted by Gasteiger charge is 2.52. The first-order valence-corrected chi connectivity index (χ1v) is 8.89. The first-order valence-electron chi connectivity index (χ1n) is 8.89. The molecule has 0 saturated carbocycles. The molecule has 15 heteroatoms.